The largest absolute Gasteiger partial charge is 0.378 e. The first-order valence-electron chi connectivity index (χ1n) is 11.6. The first-order chi connectivity index (χ1) is 15.8. The van der Waals surface area contributed by atoms with Gasteiger partial charge in [0.05, 0.1) is 26.4 Å². The highest BCUT2D eigenvalue weighted by atomic mass is 16.5. The van der Waals surface area contributed by atoms with Crippen molar-refractivity contribution in [1.82, 2.24) is 0 Å². The van der Waals surface area contributed by atoms with Crippen molar-refractivity contribution < 1.29 is 14.3 Å². The summed E-state index contributed by atoms with van der Waals surface area (Å²) in [6.07, 6.45) is 5.71. The Labute approximate surface area is 189 Å². The molecule has 166 valence electrons. The van der Waals surface area contributed by atoms with Gasteiger partial charge in [0.15, 0.2) is 5.78 Å². The molecule has 0 unspecified atom stereocenters. The molecule has 2 saturated heterocycles. The normalized spacial score (nSPS) is 22.2. The van der Waals surface area contributed by atoms with Crippen molar-refractivity contribution in [2.24, 2.45) is 0 Å². The van der Waals surface area contributed by atoms with E-state index in [9.17, 15) is 4.79 Å². The van der Waals surface area contributed by atoms with Crippen molar-refractivity contribution in [2.75, 3.05) is 62.4 Å². The van der Waals surface area contributed by atoms with Gasteiger partial charge in [-0.25, -0.2) is 0 Å². The second-order valence-electron chi connectivity index (χ2n) is 8.55. The molecular weight excluding hydrogens is 400 g/mol. The minimum atomic E-state index is 0.180. The van der Waals surface area contributed by atoms with E-state index in [-0.39, 0.29) is 5.78 Å². The third kappa shape index (κ3) is 4.79. The van der Waals surface area contributed by atoms with Crippen LogP contribution in [0, 0.1) is 0 Å². The number of morpholine rings is 2. The van der Waals surface area contributed by atoms with Crippen LogP contribution in [-0.2, 0) is 14.3 Å². The molecule has 2 aromatic carbocycles. The molecule has 0 radical (unpaired) electrons. The molecule has 0 aromatic heterocycles. The average molecular weight is 431 g/mol. The molecule has 5 nitrogen and oxygen atoms in total. The predicted molar refractivity (Wildman–Crippen MR) is 129 cm³/mol. The topological polar surface area (TPSA) is 42.0 Å². The second-order valence-corrected chi connectivity index (χ2v) is 8.55. The van der Waals surface area contributed by atoms with E-state index in [1.54, 1.807) is 0 Å². The van der Waals surface area contributed by atoms with E-state index >= 15 is 0 Å². The summed E-state index contributed by atoms with van der Waals surface area (Å²) in [5, 5.41) is 0. The summed E-state index contributed by atoms with van der Waals surface area (Å²) in [6.45, 7) is 6.86. The third-order valence-corrected chi connectivity index (χ3v) is 6.47. The lowest BCUT2D eigenvalue weighted by molar-refractivity contribution is -0.111. The quantitative estimate of drug-likeness (QED) is 0.681. The Morgan fingerprint density at radius 3 is 1.34 bits per heavy atom. The number of allylic oxidation sites excluding steroid dienone is 2. The number of rotatable bonds is 4. The van der Waals surface area contributed by atoms with Gasteiger partial charge in [0, 0.05) is 48.7 Å². The maximum absolute atomic E-state index is 13.0. The van der Waals surface area contributed by atoms with Crippen LogP contribution in [-0.4, -0.2) is 58.4 Å². The zero-order valence-electron chi connectivity index (χ0n) is 18.5. The smallest absolute Gasteiger partial charge is 0.185 e. The maximum Gasteiger partial charge on any atom is 0.185 e. The van der Waals surface area contributed by atoms with Gasteiger partial charge in [-0.1, -0.05) is 24.3 Å². The molecule has 3 aliphatic rings. The standard InChI is InChI=1S/C27H30N2O3/c30-27-23(19-21-1-7-25(8-2-21)28-11-15-31-16-12-28)5-6-24(27)20-22-3-9-26(10-4-22)29-13-17-32-18-14-29/h1-4,7-10,19-20H,5-6,11-18H2/b23-19-,24-20+. The molecule has 32 heavy (non-hydrogen) atoms. The minimum Gasteiger partial charge on any atom is -0.378 e. The van der Waals surface area contributed by atoms with Gasteiger partial charge in [-0.05, 0) is 60.4 Å². The minimum absolute atomic E-state index is 0.180. The fourth-order valence-electron chi connectivity index (χ4n) is 4.59. The summed E-state index contributed by atoms with van der Waals surface area (Å²) in [5.41, 5.74) is 6.41. The van der Waals surface area contributed by atoms with Gasteiger partial charge in [-0.15, -0.1) is 0 Å². The van der Waals surface area contributed by atoms with E-state index in [2.05, 4.69) is 58.3 Å². The number of ether oxygens (including phenoxy) is 2. The molecular formula is C27H30N2O3. The van der Waals surface area contributed by atoms with Gasteiger partial charge in [-0.3, -0.25) is 4.79 Å². The van der Waals surface area contributed by atoms with Crippen LogP contribution in [0.2, 0.25) is 0 Å². The zero-order valence-corrected chi connectivity index (χ0v) is 18.5. The molecule has 2 aliphatic heterocycles. The van der Waals surface area contributed by atoms with Gasteiger partial charge in [0.25, 0.3) is 0 Å². The maximum atomic E-state index is 13.0. The van der Waals surface area contributed by atoms with E-state index in [0.29, 0.717) is 0 Å². The number of hydrogen-bond acceptors (Lipinski definition) is 5. The molecule has 0 amide bonds. The number of Topliss-reactive ketones (excluding diaryl/α,β-unsaturated/α-hetero) is 1. The lowest BCUT2D eigenvalue weighted by Crippen LogP contribution is -2.36. The van der Waals surface area contributed by atoms with Gasteiger partial charge in [0.1, 0.15) is 0 Å². The number of benzene rings is 2. The Morgan fingerprint density at radius 1 is 0.594 bits per heavy atom. The highest BCUT2D eigenvalue weighted by molar-refractivity contribution is 6.15. The second kappa shape index (κ2) is 9.72. The van der Waals surface area contributed by atoms with Crippen molar-refractivity contribution in [3.8, 4) is 0 Å². The summed E-state index contributed by atoms with van der Waals surface area (Å²) < 4.78 is 10.9. The summed E-state index contributed by atoms with van der Waals surface area (Å²) in [5.74, 6) is 0.180. The highest BCUT2D eigenvalue weighted by Gasteiger charge is 2.23. The molecule has 3 fully saturated rings. The van der Waals surface area contributed by atoms with Crippen LogP contribution in [0.25, 0.3) is 12.2 Å². The molecule has 0 atom stereocenters. The van der Waals surface area contributed by atoms with Crippen LogP contribution < -0.4 is 9.80 Å². The lowest BCUT2D eigenvalue weighted by Gasteiger charge is -2.28. The molecule has 0 N–H and O–H groups in total. The van der Waals surface area contributed by atoms with E-state index in [0.717, 1.165) is 87.7 Å². The predicted octanol–water partition coefficient (Wildman–Crippen LogP) is 4.19. The van der Waals surface area contributed by atoms with Crippen LogP contribution in [0.3, 0.4) is 0 Å². The monoisotopic (exact) mass is 430 g/mol. The summed E-state index contributed by atoms with van der Waals surface area (Å²) in [6, 6.07) is 17.0. The molecule has 1 aliphatic carbocycles. The Morgan fingerprint density at radius 2 is 0.969 bits per heavy atom. The van der Waals surface area contributed by atoms with E-state index in [1.165, 1.54) is 11.4 Å². The van der Waals surface area contributed by atoms with Gasteiger partial charge >= 0.3 is 0 Å². The third-order valence-electron chi connectivity index (χ3n) is 6.47. The van der Waals surface area contributed by atoms with Crippen molar-refractivity contribution in [2.45, 2.75) is 12.8 Å². The Hall–Kier alpha value is -2.89. The van der Waals surface area contributed by atoms with Crippen molar-refractivity contribution in [3.05, 3.63) is 70.8 Å². The van der Waals surface area contributed by atoms with Crippen molar-refractivity contribution >= 4 is 29.3 Å². The Bertz CT molecular complexity index is 915. The van der Waals surface area contributed by atoms with Gasteiger partial charge < -0.3 is 19.3 Å². The molecule has 0 bridgehead atoms. The number of ketones is 1. The van der Waals surface area contributed by atoms with Crippen LogP contribution in [0.15, 0.2) is 59.7 Å². The SMILES string of the molecule is O=C1/C(=C\c2ccc(N3CCOCC3)cc2)CC/C1=C\c1ccc(N2CCOCC2)cc1. The van der Waals surface area contributed by atoms with Crippen LogP contribution in [0.4, 0.5) is 11.4 Å². The zero-order chi connectivity index (χ0) is 21.8. The van der Waals surface area contributed by atoms with Gasteiger partial charge in [0.2, 0.25) is 0 Å². The van der Waals surface area contributed by atoms with Crippen LogP contribution in [0.1, 0.15) is 24.0 Å². The number of hydrogen-bond donors (Lipinski definition) is 0. The van der Waals surface area contributed by atoms with E-state index in [4.69, 9.17) is 9.47 Å². The van der Waals surface area contributed by atoms with Crippen molar-refractivity contribution in [3.63, 3.8) is 0 Å². The number of anilines is 2. The molecule has 1 saturated carbocycles. The van der Waals surface area contributed by atoms with E-state index < -0.39 is 0 Å². The van der Waals surface area contributed by atoms with E-state index in [1.807, 2.05) is 12.2 Å². The summed E-state index contributed by atoms with van der Waals surface area (Å²) in [4.78, 5) is 17.6. The molecule has 0 spiro atoms. The first-order valence-corrected chi connectivity index (χ1v) is 11.6. The van der Waals surface area contributed by atoms with Gasteiger partial charge in [-0.2, -0.15) is 0 Å². The fraction of sp³-hybridized carbons (Fsp3) is 0.370. The molecule has 5 rings (SSSR count). The number of nitrogens with zero attached hydrogens (tertiary/aromatic N) is 2. The lowest BCUT2D eigenvalue weighted by atomic mass is 10.1. The number of carbonyl (C=O) groups is 1. The molecule has 5 heteroatoms. The fourth-order valence-corrected chi connectivity index (χ4v) is 4.59. The molecule has 2 heterocycles. The summed E-state index contributed by atoms with van der Waals surface area (Å²) >= 11 is 0. The molecule has 2 aromatic rings. The Balaban J connectivity index is 1.25. The van der Waals surface area contributed by atoms with Crippen LogP contribution in [0.5, 0.6) is 0 Å². The highest BCUT2D eigenvalue weighted by Crippen LogP contribution is 2.30. The number of carbonyl (C=O) groups excluding carboxylic acids is 1. The average Bonchev–Trinajstić information content (AvgIpc) is 3.20. The Kier molecular flexibility index (Phi) is 6.37. The first kappa shape index (κ1) is 21.0. The van der Waals surface area contributed by atoms with Crippen molar-refractivity contribution in [1.29, 1.82) is 0 Å². The summed E-state index contributed by atoms with van der Waals surface area (Å²) in [7, 11) is 0. The van der Waals surface area contributed by atoms with Crippen LogP contribution >= 0.6 is 0 Å².